The number of aryl methyl sites for hydroxylation is 2. The molecule has 278 valence electrons. The minimum Gasteiger partial charge on any atom is -0.505 e. The minimum atomic E-state index is -0.605. The molecule has 10 nitrogen and oxygen atoms in total. The standard InChI is InChI=1S/C42H28Cl4N6O4/c1-21-17-34(48-42(56)28-20-24-10-4-6-12-26(24)38(40(28)54)52-50-32-16-8-14-30(44)36(32)46)22(2)18-33(21)47-41(55)27-19-23-9-3-5-11-25(23)37(39(27)53)51-49-31-15-7-13-29(43)35(31)45/h3-20,53-54H,1-2H3,(H,47,55)(H,48,56). The van der Waals surface area contributed by atoms with Crippen LogP contribution in [-0.4, -0.2) is 22.0 Å². The van der Waals surface area contributed by atoms with E-state index in [1.807, 2.05) is 0 Å². The van der Waals surface area contributed by atoms with Crippen LogP contribution in [-0.2, 0) is 0 Å². The van der Waals surface area contributed by atoms with Gasteiger partial charge in [0.1, 0.15) is 22.7 Å². The number of azo groups is 2. The Hall–Kier alpha value is -6.04. The highest BCUT2D eigenvalue weighted by Gasteiger charge is 2.22. The minimum absolute atomic E-state index is 0.0401. The van der Waals surface area contributed by atoms with Crippen LogP contribution in [0.1, 0.15) is 31.8 Å². The van der Waals surface area contributed by atoms with Gasteiger partial charge in [-0.3, -0.25) is 9.59 Å². The van der Waals surface area contributed by atoms with Gasteiger partial charge < -0.3 is 20.8 Å². The molecule has 0 spiro atoms. The third kappa shape index (κ3) is 7.60. The van der Waals surface area contributed by atoms with Crippen molar-refractivity contribution >= 4 is 114 Å². The summed E-state index contributed by atoms with van der Waals surface area (Å²) in [5.41, 5.74) is 2.72. The second kappa shape index (κ2) is 16.0. The number of carbonyl (C=O) groups is 2. The fourth-order valence-corrected chi connectivity index (χ4v) is 6.66. The van der Waals surface area contributed by atoms with Gasteiger partial charge in [0.25, 0.3) is 11.8 Å². The third-order valence-corrected chi connectivity index (χ3v) is 10.5. The highest BCUT2D eigenvalue weighted by atomic mass is 35.5. The number of fused-ring (bicyclic) bond motifs is 2. The van der Waals surface area contributed by atoms with Crippen LogP contribution in [0, 0.1) is 13.8 Å². The normalized spacial score (nSPS) is 11.5. The van der Waals surface area contributed by atoms with E-state index in [0.717, 1.165) is 0 Å². The number of halogens is 4. The van der Waals surface area contributed by atoms with E-state index >= 15 is 0 Å². The molecule has 7 rings (SSSR count). The van der Waals surface area contributed by atoms with Crippen molar-refractivity contribution in [3.05, 3.63) is 152 Å². The van der Waals surface area contributed by atoms with Crippen LogP contribution in [0.2, 0.25) is 20.1 Å². The van der Waals surface area contributed by atoms with Gasteiger partial charge in [-0.1, -0.05) is 107 Å². The predicted octanol–water partition coefficient (Wildman–Crippen LogP) is 14.0. The number of hydrogen-bond acceptors (Lipinski definition) is 8. The Morgan fingerprint density at radius 3 is 1.32 bits per heavy atom. The molecule has 0 fully saturated rings. The van der Waals surface area contributed by atoms with Gasteiger partial charge in [0.15, 0.2) is 11.5 Å². The SMILES string of the molecule is Cc1cc(NC(=O)c2cc3ccccc3c(N=Nc3cccc(Cl)c3Cl)c2O)c(C)cc1NC(=O)c1cc2ccccc2c(N=Nc2cccc(Cl)c2Cl)c1O. The van der Waals surface area contributed by atoms with Gasteiger partial charge in [-0.05, 0) is 84.3 Å². The molecule has 0 radical (unpaired) electrons. The summed E-state index contributed by atoms with van der Waals surface area (Å²) < 4.78 is 0. The van der Waals surface area contributed by atoms with Crippen molar-refractivity contribution in [3.8, 4) is 11.5 Å². The Morgan fingerprint density at radius 2 is 0.911 bits per heavy atom. The molecule has 4 N–H and O–H groups in total. The molecule has 0 aliphatic rings. The maximum Gasteiger partial charge on any atom is 0.259 e. The molecule has 0 saturated carbocycles. The summed E-state index contributed by atoms with van der Waals surface area (Å²) in [4.78, 5) is 27.5. The van der Waals surface area contributed by atoms with E-state index in [2.05, 4.69) is 31.1 Å². The number of amides is 2. The Kier molecular flexibility index (Phi) is 10.9. The first-order valence-electron chi connectivity index (χ1n) is 16.9. The van der Waals surface area contributed by atoms with Gasteiger partial charge >= 0.3 is 0 Å². The lowest BCUT2D eigenvalue weighted by Gasteiger charge is -2.16. The third-order valence-electron chi connectivity index (χ3n) is 8.93. The second-order valence-electron chi connectivity index (χ2n) is 12.6. The van der Waals surface area contributed by atoms with Gasteiger partial charge in [0.2, 0.25) is 0 Å². The number of nitrogens with one attached hydrogen (secondary N) is 2. The van der Waals surface area contributed by atoms with E-state index in [9.17, 15) is 19.8 Å². The highest BCUT2D eigenvalue weighted by Crippen LogP contribution is 2.43. The summed E-state index contributed by atoms with van der Waals surface area (Å²) in [5.74, 6) is -1.98. The van der Waals surface area contributed by atoms with Crippen molar-refractivity contribution < 1.29 is 19.8 Å². The van der Waals surface area contributed by atoms with Crippen LogP contribution >= 0.6 is 46.4 Å². The Labute approximate surface area is 340 Å². The molecular formula is C42H28Cl4N6O4. The first-order chi connectivity index (χ1) is 26.9. The average molecular weight is 823 g/mol. The molecule has 0 heterocycles. The van der Waals surface area contributed by atoms with Crippen LogP contribution in [0.3, 0.4) is 0 Å². The van der Waals surface area contributed by atoms with Crippen molar-refractivity contribution in [2.45, 2.75) is 13.8 Å². The molecule has 7 aromatic rings. The topological polar surface area (TPSA) is 148 Å². The zero-order valence-corrected chi connectivity index (χ0v) is 32.4. The molecule has 0 aliphatic carbocycles. The van der Waals surface area contributed by atoms with Crippen LogP contribution in [0.25, 0.3) is 21.5 Å². The lowest BCUT2D eigenvalue weighted by Crippen LogP contribution is -2.15. The molecule has 14 heteroatoms. The van der Waals surface area contributed by atoms with Gasteiger partial charge in [-0.15, -0.1) is 20.5 Å². The lowest BCUT2D eigenvalue weighted by atomic mass is 10.0. The molecular weight excluding hydrogens is 794 g/mol. The largest absolute Gasteiger partial charge is 0.505 e. The van der Waals surface area contributed by atoms with E-state index < -0.39 is 11.8 Å². The van der Waals surface area contributed by atoms with Crippen molar-refractivity contribution in [1.82, 2.24) is 0 Å². The number of nitrogens with zero attached hydrogens (tertiary/aromatic N) is 4. The first kappa shape index (κ1) is 38.2. The van der Waals surface area contributed by atoms with Gasteiger partial charge in [-0.25, -0.2) is 0 Å². The van der Waals surface area contributed by atoms with Crippen LogP contribution in [0.15, 0.2) is 130 Å². The molecule has 2 amide bonds. The van der Waals surface area contributed by atoms with E-state index in [-0.39, 0.29) is 55.4 Å². The summed E-state index contributed by atoms with van der Waals surface area (Å²) in [6.07, 6.45) is 0. The van der Waals surface area contributed by atoms with Crippen molar-refractivity contribution in [2.75, 3.05) is 10.6 Å². The molecule has 0 atom stereocenters. The van der Waals surface area contributed by atoms with Gasteiger partial charge in [0.05, 0.1) is 31.2 Å². The van der Waals surface area contributed by atoms with E-state index in [4.69, 9.17) is 46.4 Å². The van der Waals surface area contributed by atoms with E-state index in [1.165, 1.54) is 0 Å². The molecule has 0 saturated heterocycles. The molecule has 0 aromatic heterocycles. The first-order valence-corrected chi connectivity index (χ1v) is 18.4. The summed E-state index contributed by atoms with van der Waals surface area (Å²) in [6, 6.07) is 30.6. The van der Waals surface area contributed by atoms with Crippen molar-refractivity contribution in [3.63, 3.8) is 0 Å². The van der Waals surface area contributed by atoms with Gasteiger partial charge in [0, 0.05) is 22.1 Å². The predicted molar refractivity (Wildman–Crippen MR) is 224 cm³/mol. The van der Waals surface area contributed by atoms with E-state index in [0.29, 0.717) is 54.1 Å². The number of carbonyl (C=O) groups excluding carboxylic acids is 2. The zero-order chi connectivity index (χ0) is 39.7. The number of anilines is 2. The Morgan fingerprint density at radius 1 is 0.518 bits per heavy atom. The molecule has 7 aromatic carbocycles. The Balaban J connectivity index is 1.17. The number of benzene rings is 7. The summed E-state index contributed by atoms with van der Waals surface area (Å²) in [6.45, 7) is 3.51. The summed E-state index contributed by atoms with van der Waals surface area (Å²) in [5, 5.41) is 48.9. The number of phenolic OH excluding ortho intramolecular Hbond substituents is 2. The number of rotatable bonds is 8. The van der Waals surface area contributed by atoms with Gasteiger partial charge in [-0.2, -0.15) is 0 Å². The average Bonchev–Trinajstić information content (AvgIpc) is 3.18. The number of aromatic hydroxyl groups is 2. The van der Waals surface area contributed by atoms with E-state index in [1.54, 1.807) is 123 Å². The Bertz CT molecular complexity index is 2620. The smallest absolute Gasteiger partial charge is 0.259 e. The molecule has 56 heavy (non-hydrogen) atoms. The van der Waals surface area contributed by atoms with Crippen LogP contribution < -0.4 is 10.6 Å². The van der Waals surface area contributed by atoms with Crippen LogP contribution in [0.5, 0.6) is 11.5 Å². The molecule has 0 aliphatic heterocycles. The number of phenols is 2. The maximum atomic E-state index is 13.8. The fraction of sp³-hybridized carbons (Fsp3) is 0.0476. The monoisotopic (exact) mass is 820 g/mol. The molecule has 0 unspecified atom stereocenters. The maximum absolute atomic E-state index is 13.8. The van der Waals surface area contributed by atoms with Crippen molar-refractivity contribution in [1.29, 1.82) is 0 Å². The summed E-state index contributed by atoms with van der Waals surface area (Å²) >= 11 is 24.9. The highest BCUT2D eigenvalue weighted by molar-refractivity contribution is 6.44. The number of hydrogen-bond donors (Lipinski definition) is 4. The van der Waals surface area contributed by atoms with Crippen LogP contribution in [0.4, 0.5) is 34.1 Å². The zero-order valence-electron chi connectivity index (χ0n) is 29.4. The fourth-order valence-electron chi connectivity index (χ4n) is 6.00. The molecule has 0 bridgehead atoms. The second-order valence-corrected chi connectivity index (χ2v) is 14.2. The van der Waals surface area contributed by atoms with Crippen molar-refractivity contribution in [2.24, 2.45) is 20.5 Å². The summed E-state index contributed by atoms with van der Waals surface area (Å²) in [7, 11) is 0. The lowest BCUT2D eigenvalue weighted by molar-refractivity contribution is 0.101. The quantitative estimate of drug-likeness (QED) is 0.113.